The molecule has 7 nitrogen and oxygen atoms in total. The van der Waals surface area contributed by atoms with Crippen LogP contribution in [0.5, 0.6) is 11.5 Å². The summed E-state index contributed by atoms with van der Waals surface area (Å²) < 4.78 is 11.1. The first kappa shape index (κ1) is 18.9. The molecule has 1 aliphatic heterocycles. The van der Waals surface area contributed by atoms with Crippen LogP contribution >= 0.6 is 28.1 Å². The van der Waals surface area contributed by atoms with Crippen molar-refractivity contribution in [1.29, 1.82) is 0 Å². The van der Waals surface area contributed by atoms with Crippen LogP contribution in [0.25, 0.3) is 0 Å². The topological polar surface area (TPSA) is 78.4 Å². The zero-order chi connectivity index (χ0) is 17.4. The van der Waals surface area contributed by atoms with Crippen LogP contribution in [0.15, 0.2) is 21.7 Å². The lowest BCUT2D eigenvalue weighted by Gasteiger charge is -2.26. The third-order valence-electron chi connectivity index (χ3n) is 3.49. The number of phenols is 1. The average molecular weight is 417 g/mol. The van der Waals surface area contributed by atoms with Crippen molar-refractivity contribution >= 4 is 39.5 Å². The molecule has 0 radical (unpaired) electrons. The summed E-state index contributed by atoms with van der Waals surface area (Å²) >= 11 is 8.58. The first-order valence-corrected chi connectivity index (χ1v) is 8.74. The molecule has 1 aliphatic rings. The highest BCUT2D eigenvalue weighted by atomic mass is 79.9. The van der Waals surface area contributed by atoms with Crippen LogP contribution in [-0.4, -0.2) is 67.8 Å². The van der Waals surface area contributed by atoms with E-state index in [2.05, 4.69) is 36.7 Å². The summed E-state index contributed by atoms with van der Waals surface area (Å²) in [6, 6.07) is 3.23. The summed E-state index contributed by atoms with van der Waals surface area (Å²) in [6.07, 6.45) is 1.57. The quantitative estimate of drug-likeness (QED) is 0.366. The normalized spacial score (nSPS) is 15.4. The Kier molecular flexibility index (Phi) is 7.70. The number of hydrazone groups is 1. The molecule has 24 heavy (non-hydrogen) atoms. The molecular formula is C15H21BrN4O3S. The lowest BCUT2D eigenvalue weighted by atomic mass is 10.2. The van der Waals surface area contributed by atoms with E-state index in [-0.39, 0.29) is 5.75 Å². The fraction of sp³-hybridized carbons (Fsp3) is 0.467. The molecule has 132 valence electrons. The van der Waals surface area contributed by atoms with Gasteiger partial charge in [0.1, 0.15) is 0 Å². The molecule has 0 unspecified atom stereocenters. The molecule has 0 aromatic heterocycles. The third-order valence-corrected chi connectivity index (χ3v) is 4.41. The maximum Gasteiger partial charge on any atom is 0.187 e. The summed E-state index contributed by atoms with van der Waals surface area (Å²) in [4.78, 5) is 2.32. The van der Waals surface area contributed by atoms with Crippen LogP contribution in [0.3, 0.4) is 0 Å². The molecule has 1 fully saturated rings. The number of nitrogens with one attached hydrogen (secondary N) is 2. The second-order valence-electron chi connectivity index (χ2n) is 5.13. The highest BCUT2D eigenvalue weighted by Gasteiger charge is 2.09. The second-order valence-corrected chi connectivity index (χ2v) is 6.39. The largest absolute Gasteiger partial charge is 0.504 e. The SMILES string of the molecule is COc1cc(Br)c(/C=N\NC(=S)NCCN2CCOCC2)cc1O. The van der Waals surface area contributed by atoms with Crippen LogP contribution in [0.4, 0.5) is 0 Å². The predicted octanol–water partition coefficient (Wildman–Crippen LogP) is 1.29. The van der Waals surface area contributed by atoms with E-state index in [9.17, 15) is 5.11 Å². The standard InChI is InChI=1S/C15H21BrN4O3S/c1-22-14-9-12(16)11(8-13(14)21)10-18-19-15(24)17-2-3-20-4-6-23-7-5-20/h8-10,21H,2-7H2,1H3,(H2,17,19,24)/b18-10-. The summed E-state index contributed by atoms with van der Waals surface area (Å²) in [6.45, 7) is 5.14. The number of phenolic OH excluding ortho intramolecular Hbond substituents is 1. The van der Waals surface area contributed by atoms with Crippen molar-refractivity contribution in [2.24, 2.45) is 5.10 Å². The van der Waals surface area contributed by atoms with E-state index in [1.54, 1.807) is 18.3 Å². The van der Waals surface area contributed by atoms with Crippen molar-refractivity contribution in [2.45, 2.75) is 0 Å². The molecule has 2 rings (SSSR count). The fourth-order valence-electron chi connectivity index (χ4n) is 2.17. The van der Waals surface area contributed by atoms with Gasteiger partial charge < -0.3 is 19.9 Å². The number of benzene rings is 1. The Morgan fingerprint density at radius 2 is 2.25 bits per heavy atom. The van der Waals surface area contributed by atoms with Gasteiger partial charge in [0, 0.05) is 36.2 Å². The lowest BCUT2D eigenvalue weighted by molar-refractivity contribution is 0.0389. The van der Waals surface area contributed by atoms with Gasteiger partial charge in [-0.25, -0.2) is 0 Å². The predicted molar refractivity (Wildman–Crippen MR) is 101 cm³/mol. The van der Waals surface area contributed by atoms with Gasteiger partial charge in [-0.1, -0.05) is 0 Å². The number of hydrogen-bond acceptors (Lipinski definition) is 6. The van der Waals surface area contributed by atoms with Gasteiger partial charge in [0.05, 0.1) is 26.5 Å². The third kappa shape index (κ3) is 5.90. The summed E-state index contributed by atoms with van der Waals surface area (Å²) in [7, 11) is 1.50. The number of hydrogen-bond donors (Lipinski definition) is 3. The molecule has 0 amide bonds. The van der Waals surface area contributed by atoms with Gasteiger partial charge in [-0.3, -0.25) is 10.3 Å². The summed E-state index contributed by atoms with van der Waals surface area (Å²) in [5, 5.41) is 17.4. The molecule has 0 bridgehead atoms. The van der Waals surface area contributed by atoms with E-state index >= 15 is 0 Å². The summed E-state index contributed by atoms with van der Waals surface area (Å²) in [5.41, 5.74) is 3.46. The van der Waals surface area contributed by atoms with E-state index in [0.29, 0.717) is 16.4 Å². The molecule has 1 saturated heterocycles. The fourth-order valence-corrected chi connectivity index (χ4v) is 2.75. The maximum atomic E-state index is 9.78. The zero-order valence-electron chi connectivity index (χ0n) is 13.4. The molecule has 0 spiro atoms. The summed E-state index contributed by atoms with van der Waals surface area (Å²) in [5.74, 6) is 0.445. The average Bonchev–Trinajstić information content (AvgIpc) is 2.58. The Balaban J connectivity index is 1.74. The van der Waals surface area contributed by atoms with Gasteiger partial charge in [0.2, 0.25) is 0 Å². The van der Waals surface area contributed by atoms with Crippen LogP contribution < -0.4 is 15.5 Å². The molecule has 0 aliphatic carbocycles. The minimum Gasteiger partial charge on any atom is -0.504 e. The van der Waals surface area contributed by atoms with Crippen molar-refractivity contribution in [3.8, 4) is 11.5 Å². The molecule has 1 heterocycles. The Morgan fingerprint density at radius 3 is 2.96 bits per heavy atom. The molecule has 3 N–H and O–H groups in total. The minimum atomic E-state index is 0.0494. The van der Waals surface area contributed by atoms with Gasteiger partial charge in [0.25, 0.3) is 0 Å². The zero-order valence-corrected chi connectivity index (χ0v) is 15.8. The van der Waals surface area contributed by atoms with Gasteiger partial charge in [-0.15, -0.1) is 0 Å². The first-order valence-electron chi connectivity index (χ1n) is 7.53. The second kappa shape index (κ2) is 9.77. The Morgan fingerprint density at radius 1 is 1.50 bits per heavy atom. The van der Waals surface area contributed by atoms with E-state index in [1.807, 2.05) is 0 Å². The number of methoxy groups -OCH3 is 1. The van der Waals surface area contributed by atoms with Gasteiger partial charge >= 0.3 is 0 Å². The molecule has 1 aromatic carbocycles. The molecule has 0 atom stereocenters. The van der Waals surface area contributed by atoms with Crippen molar-refractivity contribution in [1.82, 2.24) is 15.6 Å². The lowest BCUT2D eigenvalue weighted by Crippen LogP contribution is -2.42. The van der Waals surface area contributed by atoms with Crippen molar-refractivity contribution in [3.05, 3.63) is 22.2 Å². The number of aromatic hydroxyl groups is 1. The number of ether oxygens (including phenoxy) is 2. The van der Waals surface area contributed by atoms with Crippen LogP contribution in [-0.2, 0) is 4.74 Å². The highest BCUT2D eigenvalue weighted by Crippen LogP contribution is 2.31. The monoisotopic (exact) mass is 416 g/mol. The van der Waals surface area contributed by atoms with E-state index in [4.69, 9.17) is 21.7 Å². The number of rotatable bonds is 6. The van der Waals surface area contributed by atoms with Crippen LogP contribution in [0.2, 0.25) is 0 Å². The van der Waals surface area contributed by atoms with Crippen LogP contribution in [0, 0.1) is 0 Å². The maximum absolute atomic E-state index is 9.78. The number of nitrogens with zero attached hydrogens (tertiary/aromatic N) is 2. The smallest absolute Gasteiger partial charge is 0.187 e. The Hall–Kier alpha value is -1.42. The van der Waals surface area contributed by atoms with E-state index in [1.165, 1.54) is 7.11 Å². The van der Waals surface area contributed by atoms with Gasteiger partial charge in [0.15, 0.2) is 16.6 Å². The van der Waals surface area contributed by atoms with E-state index < -0.39 is 0 Å². The number of morpholine rings is 1. The van der Waals surface area contributed by atoms with Gasteiger partial charge in [-0.2, -0.15) is 5.10 Å². The molecular weight excluding hydrogens is 396 g/mol. The Bertz CT molecular complexity index is 594. The molecule has 0 saturated carbocycles. The molecule has 1 aromatic rings. The Labute approximate surface area is 155 Å². The van der Waals surface area contributed by atoms with E-state index in [0.717, 1.165) is 43.9 Å². The van der Waals surface area contributed by atoms with Crippen molar-refractivity contribution < 1.29 is 14.6 Å². The highest BCUT2D eigenvalue weighted by molar-refractivity contribution is 9.10. The van der Waals surface area contributed by atoms with Crippen molar-refractivity contribution in [3.63, 3.8) is 0 Å². The van der Waals surface area contributed by atoms with Gasteiger partial charge in [-0.05, 0) is 40.3 Å². The first-order chi connectivity index (χ1) is 11.6. The number of thiocarbonyl (C=S) groups is 1. The van der Waals surface area contributed by atoms with Crippen molar-refractivity contribution in [2.75, 3.05) is 46.5 Å². The van der Waals surface area contributed by atoms with Crippen LogP contribution in [0.1, 0.15) is 5.56 Å². The minimum absolute atomic E-state index is 0.0494. The molecule has 9 heteroatoms. The number of halogens is 1.